The van der Waals surface area contributed by atoms with Crippen LogP contribution in [0.15, 0.2) is 18.3 Å². The quantitative estimate of drug-likeness (QED) is 0.551. The van der Waals surface area contributed by atoms with Gasteiger partial charge in [-0.2, -0.15) is 5.10 Å². The predicted octanol–water partition coefficient (Wildman–Crippen LogP) is 1.21. The van der Waals surface area contributed by atoms with Crippen molar-refractivity contribution >= 4 is 5.78 Å². The average Bonchev–Trinajstić information content (AvgIpc) is 2.67. The normalized spacial score (nSPS) is 10.6. The molecular weight excluding hydrogens is 218 g/mol. The van der Waals surface area contributed by atoms with Gasteiger partial charge in [-0.1, -0.05) is 6.58 Å². The molecular formula is C12H19N3O2. The summed E-state index contributed by atoms with van der Waals surface area (Å²) in [5.74, 6) is 0.370. The third-order valence-electron chi connectivity index (χ3n) is 2.39. The lowest BCUT2D eigenvalue weighted by atomic mass is 10.1. The molecule has 5 nitrogen and oxygen atoms in total. The van der Waals surface area contributed by atoms with Crippen LogP contribution in [0, 0.1) is 0 Å². The SMILES string of the molecule is C=C(C)C(=O)c1c(OC)cnn1CCN(C)C. The lowest BCUT2D eigenvalue weighted by molar-refractivity contribution is 0.102. The first kappa shape index (κ1) is 13.4. The van der Waals surface area contributed by atoms with Gasteiger partial charge in [-0.25, -0.2) is 0 Å². The molecule has 94 valence electrons. The van der Waals surface area contributed by atoms with E-state index in [0.29, 0.717) is 23.6 Å². The van der Waals surface area contributed by atoms with Gasteiger partial charge < -0.3 is 9.64 Å². The van der Waals surface area contributed by atoms with Gasteiger partial charge in [-0.05, 0) is 26.6 Å². The highest BCUT2D eigenvalue weighted by atomic mass is 16.5. The smallest absolute Gasteiger partial charge is 0.209 e. The van der Waals surface area contributed by atoms with E-state index in [1.54, 1.807) is 17.8 Å². The van der Waals surface area contributed by atoms with E-state index < -0.39 is 0 Å². The zero-order valence-electron chi connectivity index (χ0n) is 10.9. The highest BCUT2D eigenvalue weighted by Crippen LogP contribution is 2.20. The third kappa shape index (κ3) is 3.17. The van der Waals surface area contributed by atoms with Gasteiger partial charge >= 0.3 is 0 Å². The molecule has 0 bridgehead atoms. The van der Waals surface area contributed by atoms with Crippen LogP contribution in [-0.4, -0.2) is 48.2 Å². The Labute approximate surface area is 102 Å². The van der Waals surface area contributed by atoms with Gasteiger partial charge in [0.05, 0.1) is 19.9 Å². The average molecular weight is 237 g/mol. The van der Waals surface area contributed by atoms with Crippen LogP contribution in [0.1, 0.15) is 17.4 Å². The number of allylic oxidation sites excluding steroid dienone is 1. The molecule has 0 unspecified atom stereocenters. The Hall–Kier alpha value is -1.62. The maximum atomic E-state index is 12.0. The van der Waals surface area contributed by atoms with Crippen molar-refractivity contribution in [2.75, 3.05) is 27.7 Å². The zero-order valence-corrected chi connectivity index (χ0v) is 10.9. The van der Waals surface area contributed by atoms with Crippen LogP contribution >= 0.6 is 0 Å². The largest absolute Gasteiger partial charge is 0.493 e. The Morgan fingerprint density at radius 2 is 2.24 bits per heavy atom. The van der Waals surface area contributed by atoms with E-state index in [1.165, 1.54) is 7.11 Å². The summed E-state index contributed by atoms with van der Waals surface area (Å²) in [7, 11) is 5.48. The van der Waals surface area contributed by atoms with E-state index >= 15 is 0 Å². The number of methoxy groups -OCH3 is 1. The maximum absolute atomic E-state index is 12.0. The van der Waals surface area contributed by atoms with Crippen LogP contribution < -0.4 is 4.74 Å². The van der Waals surface area contributed by atoms with Gasteiger partial charge in [0.15, 0.2) is 11.4 Å². The molecule has 1 aromatic heterocycles. The predicted molar refractivity (Wildman–Crippen MR) is 66.5 cm³/mol. The molecule has 0 aliphatic carbocycles. The van der Waals surface area contributed by atoms with Crippen molar-refractivity contribution in [3.8, 4) is 5.75 Å². The van der Waals surface area contributed by atoms with E-state index in [1.807, 2.05) is 19.0 Å². The molecule has 0 saturated carbocycles. The number of ketones is 1. The fourth-order valence-corrected chi connectivity index (χ4v) is 1.41. The van der Waals surface area contributed by atoms with Crippen molar-refractivity contribution in [3.63, 3.8) is 0 Å². The summed E-state index contributed by atoms with van der Waals surface area (Å²) in [6.45, 7) is 6.80. The maximum Gasteiger partial charge on any atom is 0.209 e. The second kappa shape index (κ2) is 5.63. The molecule has 0 aliphatic rings. The van der Waals surface area contributed by atoms with Gasteiger partial charge in [0.2, 0.25) is 5.78 Å². The van der Waals surface area contributed by atoms with Crippen LogP contribution in [-0.2, 0) is 6.54 Å². The number of carbonyl (C=O) groups excluding carboxylic acids is 1. The fraction of sp³-hybridized carbons (Fsp3) is 0.500. The first-order valence-electron chi connectivity index (χ1n) is 5.42. The van der Waals surface area contributed by atoms with Gasteiger partial charge in [0, 0.05) is 6.54 Å². The minimum atomic E-state index is -0.127. The summed E-state index contributed by atoms with van der Waals surface area (Å²) in [6.07, 6.45) is 1.56. The number of aromatic nitrogens is 2. The summed E-state index contributed by atoms with van der Waals surface area (Å²) >= 11 is 0. The number of ether oxygens (including phenoxy) is 1. The summed E-state index contributed by atoms with van der Waals surface area (Å²) in [6, 6.07) is 0. The Balaban J connectivity index is 3.01. The van der Waals surface area contributed by atoms with Gasteiger partial charge in [-0.15, -0.1) is 0 Å². The van der Waals surface area contributed by atoms with Crippen LogP contribution in [0.4, 0.5) is 0 Å². The molecule has 1 heterocycles. The number of rotatable bonds is 6. The number of carbonyl (C=O) groups is 1. The zero-order chi connectivity index (χ0) is 13.0. The Morgan fingerprint density at radius 1 is 1.59 bits per heavy atom. The number of hydrogen-bond donors (Lipinski definition) is 0. The highest BCUT2D eigenvalue weighted by Gasteiger charge is 2.19. The third-order valence-corrected chi connectivity index (χ3v) is 2.39. The molecule has 0 aromatic carbocycles. The van der Waals surface area contributed by atoms with Crippen LogP contribution in [0.25, 0.3) is 0 Å². The second-order valence-electron chi connectivity index (χ2n) is 4.20. The van der Waals surface area contributed by atoms with Gasteiger partial charge in [0.25, 0.3) is 0 Å². The van der Waals surface area contributed by atoms with Crippen LogP contribution in [0.3, 0.4) is 0 Å². The van der Waals surface area contributed by atoms with E-state index in [4.69, 9.17) is 4.74 Å². The van der Waals surface area contributed by atoms with Gasteiger partial charge in [0.1, 0.15) is 0 Å². The first-order valence-corrected chi connectivity index (χ1v) is 5.42. The molecule has 0 N–H and O–H groups in total. The molecule has 0 spiro atoms. The summed E-state index contributed by atoms with van der Waals surface area (Å²) in [4.78, 5) is 14.0. The monoisotopic (exact) mass is 237 g/mol. The highest BCUT2D eigenvalue weighted by molar-refractivity contribution is 6.08. The van der Waals surface area contributed by atoms with E-state index in [2.05, 4.69) is 11.7 Å². The van der Waals surface area contributed by atoms with Crippen molar-refractivity contribution in [2.45, 2.75) is 13.5 Å². The summed E-state index contributed by atoms with van der Waals surface area (Å²) < 4.78 is 6.81. The van der Waals surface area contributed by atoms with E-state index in [0.717, 1.165) is 6.54 Å². The summed E-state index contributed by atoms with van der Waals surface area (Å²) in [5.41, 5.74) is 0.955. The van der Waals surface area contributed by atoms with Crippen molar-refractivity contribution < 1.29 is 9.53 Å². The molecule has 0 aliphatic heterocycles. The van der Waals surface area contributed by atoms with Crippen molar-refractivity contribution in [2.24, 2.45) is 0 Å². The van der Waals surface area contributed by atoms with Crippen LogP contribution in [0.2, 0.25) is 0 Å². The molecule has 0 saturated heterocycles. The Morgan fingerprint density at radius 3 is 2.71 bits per heavy atom. The molecule has 1 aromatic rings. The number of hydrogen-bond acceptors (Lipinski definition) is 4. The van der Waals surface area contributed by atoms with Crippen molar-refractivity contribution in [1.82, 2.24) is 14.7 Å². The number of nitrogens with zero attached hydrogens (tertiary/aromatic N) is 3. The lowest BCUT2D eigenvalue weighted by Gasteiger charge is -2.12. The minimum absolute atomic E-state index is 0.127. The molecule has 0 amide bonds. The van der Waals surface area contributed by atoms with Crippen molar-refractivity contribution in [1.29, 1.82) is 0 Å². The summed E-state index contributed by atoms with van der Waals surface area (Å²) in [5, 5.41) is 4.17. The molecule has 17 heavy (non-hydrogen) atoms. The Bertz CT molecular complexity index is 421. The second-order valence-corrected chi connectivity index (χ2v) is 4.20. The topological polar surface area (TPSA) is 47.4 Å². The molecule has 0 fully saturated rings. The molecule has 1 rings (SSSR count). The van der Waals surface area contributed by atoms with Crippen LogP contribution in [0.5, 0.6) is 5.75 Å². The van der Waals surface area contributed by atoms with E-state index in [-0.39, 0.29) is 5.78 Å². The molecule has 0 radical (unpaired) electrons. The molecule has 0 atom stereocenters. The van der Waals surface area contributed by atoms with E-state index in [9.17, 15) is 4.79 Å². The minimum Gasteiger partial charge on any atom is -0.493 e. The number of likely N-dealkylation sites (N-methyl/N-ethyl adjacent to an activating group) is 1. The molecule has 5 heteroatoms. The van der Waals surface area contributed by atoms with Gasteiger partial charge in [-0.3, -0.25) is 9.48 Å². The number of Topliss-reactive ketones (excluding diaryl/α,β-unsaturated/α-hetero) is 1. The Kier molecular flexibility index (Phi) is 4.45. The standard InChI is InChI=1S/C12H19N3O2/c1-9(2)12(16)11-10(17-5)8-13-15(11)7-6-14(3)4/h8H,1,6-7H2,2-5H3. The lowest BCUT2D eigenvalue weighted by Crippen LogP contribution is -2.21. The fourth-order valence-electron chi connectivity index (χ4n) is 1.41. The van der Waals surface area contributed by atoms with Crippen molar-refractivity contribution in [3.05, 3.63) is 24.0 Å². The first-order chi connectivity index (χ1) is 7.97.